The number of amides is 1. The molecule has 150 valence electrons. The van der Waals surface area contributed by atoms with Gasteiger partial charge in [-0.25, -0.2) is 4.98 Å². The topological polar surface area (TPSA) is 97.2 Å². The van der Waals surface area contributed by atoms with Gasteiger partial charge in [0.15, 0.2) is 0 Å². The molecule has 2 aromatic heterocycles. The third kappa shape index (κ3) is 3.14. The summed E-state index contributed by atoms with van der Waals surface area (Å²) < 4.78 is 11.0. The summed E-state index contributed by atoms with van der Waals surface area (Å²) in [5, 5.41) is 3.03. The number of aryl methyl sites for hydroxylation is 1. The summed E-state index contributed by atoms with van der Waals surface area (Å²) in [6.45, 7) is 2.72. The zero-order valence-electron chi connectivity index (χ0n) is 16.3. The van der Waals surface area contributed by atoms with Crippen molar-refractivity contribution in [1.29, 1.82) is 0 Å². The lowest BCUT2D eigenvalue weighted by Crippen LogP contribution is -2.24. The van der Waals surface area contributed by atoms with Gasteiger partial charge in [0.05, 0.1) is 18.5 Å². The van der Waals surface area contributed by atoms with Gasteiger partial charge in [-0.2, -0.15) is 0 Å². The van der Waals surface area contributed by atoms with Crippen LogP contribution in [0.2, 0.25) is 0 Å². The Balaban J connectivity index is 1.32. The summed E-state index contributed by atoms with van der Waals surface area (Å²) >= 11 is 0. The maximum atomic E-state index is 12.7. The molecule has 0 bridgehead atoms. The van der Waals surface area contributed by atoms with Gasteiger partial charge in [-0.3, -0.25) is 9.59 Å². The molecule has 0 fully saturated rings. The lowest BCUT2D eigenvalue weighted by atomic mass is 10.0. The molecular weight excluding hydrogens is 382 g/mol. The molecule has 0 spiro atoms. The number of hydrogen-bond donors (Lipinski definition) is 2. The molecule has 0 radical (unpaired) electrons. The van der Waals surface area contributed by atoms with Gasteiger partial charge in [0.2, 0.25) is 5.71 Å². The van der Waals surface area contributed by atoms with Gasteiger partial charge in [0, 0.05) is 13.0 Å². The fourth-order valence-electron chi connectivity index (χ4n) is 3.78. The summed E-state index contributed by atoms with van der Waals surface area (Å²) in [4.78, 5) is 31.2. The van der Waals surface area contributed by atoms with Crippen molar-refractivity contribution in [2.45, 2.75) is 19.9 Å². The van der Waals surface area contributed by atoms with Crippen LogP contribution in [0, 0.1) is 6.92 Å². The average Bonchev–Trinajstić information content (AvgIpc) is 3.36. The first-order valence-corrected chi connectivity index (χ1v) is 9.70. The second-order valence-electron chi connectivity index (χ2n) is 7.25. The molecule has 1 amide bonds. The number of aromatic nitrogens is 2. The number of benzene rings is 2. The number of nitrogens with zero attached hydrogens (tertiary/aromatic N) is 1. The maximum absolute atomic E-state index is 12.7. The highest BCUT2D eigenvalue weighted by Crippen LogP contribution is 2.30. The van der Waals surface area contributed by atoms with Crippen molar-refractivity contribution in [3.63, 3.8) is 0 Å². The largest absolute Gasteiger partial charge is 0.493 e. The van der Waals surface area contributed by atoms with Crippen molar-refractivity contribution < 1.29 is 13.9 Å². The predicted molar refractivity (Wildman–Crippen MR) is 112 cm³/mol. The Bertz CT molecular complexity index is 1320. The zero-order chi connectivity index (χ0) is 20.7. The number of H-pyrrole nitrogens is 1. The molecule has 4 aromatic rings. The lowest BCUT2D eigenvalue weighted by molar-refractivity contribution is 0.0950. The van der Waals surface area contributed by atoms with E-state index in [0.717, 1.165) is 35.5 Å². The molecule has 1 aliphatic heterocycles. The van der Waals surface area contributed by atoms with Crippen LogP contribution in [0.25, 0.3) is 22.2 Å². The van der Waals surface area contributed by atoms with Crippen LogP contribution in [0.3, 0.4) is 0 Å². The van der Waals surface area contributed by atoms with Gasteiger partial charge in [-0.1, -0.05) is 30.3 Å². The molecule has 0 aliphatic carbocycles. The first-order valence-electron chi connectivity index (χ1n) is 9.70. The summed E-state index contributed by atoms with van der Waals surface area (Å²) in [7, 11) is 0. The highest BCUT2D eigenvalue weighted by molar-refractivity contribution is 6.06. The molecule has 0 unspecified atom stereocenters. The summed E-state index contributed by atoms with van der Waals surface area (Å²) in [6, 6.07) is 14.3. The van der Waals surface area contributed by atoms with Crippen LogP contribution in [0.1, 0.15) is 27.2 Å². The minimum absolute atomic E-state index is 0.158. The Morgan fingerprint density at radius 1 is 1.17 bits per heavy atom. The SMILES string of the molecule is Cc1oc2nc[nH]c(=O)c2c1C(=O)NCc1ccc(-c2ccc3c(c2)CCO3)cc1. The Morgan fingerprint density at radius 3 is 2.80 bits per heavy atom. The van der Waals surface area contributed by atoms with Crippen LogP contribution in [0.4, 0.5) is 0 Å². The number of hydrogen-bond acceptors (Lipinski definition) is 5. The van der Waals surface area contributed by atoms with E-state index >= 15 is 0 Å². The van der Waals surface area contributed by atoms with E-state index in [1.165, 1.54) is 11.9 Å². The Labute approximate surface area is 171 Å². The van der Waals surface area contributed by atoms with E-state index in [1.807, 2.05) is 30.3 Å². The predicted octanol–water partition coefficient (Wildman–Crippen LogP) is 3.36. The first kappa shape index (κ1) is 18.2. The van der Waals surface area contributed by atoms with Gasteiger partial charge in [0.1, 0.15) is 16.9 Å². The fraction of sp³-hybridized carbons (Fsp3) is 0.174. The van der Waals surface area contributed by atoms with E-state index in [9.17, 15) is 9.59 Å². The standard InChI is InChI=1S/C23H19N3O4/c1-13-19(20-22(28)25-12-26-23(20)30-13)21(27)24-11-14-2-4-15(5-3-14)16-6-7-18-17(10-16)8-9-29-18/h2-7,10,12H,8-9,11H2,1H3,(H,24,27)(H,25,26,28). The Morgan fingerprint density at radius 2 is 1.97 bits per heavy atom. The molecule has 1 aliphatic rings. The van der Waals surface area contributed by atoms with E-state index < -0.39 is 5.56 Å². The lowest BCUT2D eigenvalue weighted by Gasteiger charge is -2.08. The minimum Gasteiger partial charge on any atom is -0.493 e. The molecule has 0 saturated heterocycles. The fourth-order valence-corrected chi connectivity index (χ4v) is 3.78. The monoisotopic (exact) mass is 401 g/mol. The number of carbonyl (C=O) groups is 1. The van der Waals surface area contributed by atoms with Crippen LogP contribution in [0.5, 0.6) is 5.75 Å². The van der Waals surface area contributed by atoms with Crippen LogP contribution in [-0.4, -0.2) is 22.5 Å². The first-order chi connectivity index (χ1) is 14.6. The molecular formula is C23H19N3O4. The number of rotatable bonds is 4. The van der Waals surface area contributed by atoms with Crippen molar-refractivity contribution in [2.75, 3.05) is 6.61 Å². The zero-order valence-corrected chi connectivity index (χ0v) is 16.3. The second kappa shape index (κ2) is 7.18. The van der Waals surface area contributed by atoms with E-state index in [1.54, 1.807) is 6.92 Å². The average molecular weight is 401 g/mol. The van der Waals surface area contributed by atoms with E-state index in [2.05, 4.69) is 27.4 Å². The van der Waals surface area contributed by atoms with Crippen molar-refractivity contribution >= 4 is 17.0 Å². The highest BCUT2D eigenvalue weighted by Gasteiger charge is 2.21. The number of fused-ring (bicyclic) bond motifs is 2. The second-order valence-corrected chi connectivity index (χ2v) is 7.25. The molecule has 2 N–H and O–H groups in total. The van der Waals surface area contributed by atoms with Gasteiger partial charge in [-0.05, 0) is 41.3 Å². The van der Waals surface area contributed by atoms with E-state index in [0.29, 0.717) is 12.3 Å². The van der Waals surface area contributed by atoms with Crippen molar-refractivity contribution in [3.05, 3.63) is 81.6 Å². The van der Waals surface area contributed by atoms with Crippen molar-refractivity contribution in [3.8, 4) is 16.9 Å². The molecule has 30 heavy (non-hydrogen) atoms. The molecule has 7 heteroatoms. The Kier molecular flexibility index (Phi) is 4.35. The third-order valence-electron chi connectivity index (χ3n) is 5.33. The molecule has 7 nitrogen and oxygen atoms in total. The van der Waals surface area contributed by atoms with Gasteiger partial charge < -0.3 is 19.5 Å². The summed E-state index contributed by atoms with van der Waals surface area (Å²) in [5.74, 6) is 0.962. The summed E-state index contributed by atoms with van der Waals surface area (Å²) in [6.07, 6.45) is 2.19. The quantitative estimate of drug-likeness (QED) is 0.547. The number of furan rings is 1. The van der Waals surface area contributed by atoms with E-state index in [-0.39, 0.29) is 22.6 Å². The molecule has 5 rings (SSSR count). The van der Waals surface area contributed by atoms with Crippen molar-refractivity contribution in [1.82, 2.24) is 15.3 Å². The van der Waals surface area contributed by atoms with Crippen LogP contribution >= 0.6 is 0 Å². The minimum atomic E-state index is -0.397. The number of nitrogens with one attached hydrogen (secondary N) is 2. The number of ether oxygens (including phenoxy) is 1. The van der Waals surface area contributed by atoms with Gasteiger partial charge >= 0.3 is 0 Å². The van der Waals surface area contributed by atoms with Crippen LogP contribution in [0.15, 0.2) is 58.0 Å². The summed E-state index contributed by atoms with van der Waals surface area (Å²) in [5.41, 5.74) is 4.41. The normalized spacial score (nSPS) is 12.6. The molecule has 0 atom stereocenters. The smallest absolute Gasteiger partial charge is 0.262 e. The van der Waals surface area contributed by atoms with Crippen LogP contribution in [-0.2, 0) is 13.0 Å². The van der Waals surface area contributed by atoms with Gasteiger partial charge in [0.25, 0.3) is 11.5 Å². The van der Waals surface area contributed by atoms with Gasteiger partial charge in [-0.15, -0.1) is 0 Å². The third-order valence-corrected chi connectivity index (χ3v) is 5.33. The highest BCUT2D eigenvalue weighted by atomic mass is 16.5. The number of aromatic amines is 1. The number of carbonyl (C=O) groups excluding carboxylic acids is 1. The maximum Gasteiger partial charge on any atom is 0.262 e. The van der Waals surface area contributed by atoms with Crippen LogP contribution < -0.4 is 15.6 Å². The molecule has 0 saturated carbocycles. The van der Waals surface area contributed by atoms with Crippen molar-refractivity contribution in [2.24, 2.45) is 0 Å². The van der Waals surface area contributed by atoms with E-state index in [4.69, 9.17) is 9.15 Å². The molecule has 2 aromatic carbocycles. The Hall–Kier alpha value is -3.87. The molecule has 3 heterocycles.